The second kappa shape index (κ2) is 7.85. The molecule has 0 heterocycles. The Hall–Kier alpha value is -2.62. The first-order valence-electron chi connectivity index (χ1n) is 6.58. The second-order valence-electron chi connectivity index (χ2n) is 4.85. The fourth-order valence-corrected chi connectivity index (χ4v) is 1.86. The maximum atomic E-state index is 10.8. The molecule has 2 N–H and O–H groups in total. The lowest BCUT2D eigenvalue weighted by Gasteiger charge is -2.11. The Labute approximate surface area is 122 Å². The van der Waals surface area contributed by atoms with Gasteiger partial charge >= 0.3 is 5.97 Å². The van der Waals surface area contributed by atoms with Crippen molar-refractivity contribution in [3.63, 3.8) is 0 Å². The standard InChI is InChI=1S/C14H17N3O4/c1-10(2-5-14(18)19)6-7-16-12-4-3-11(9-15)13(8-12)17(20)21/h3-4,8,10,16H,2,5-7H2,1H3,(H,18,19). The molecule has 0 saturated heterocycles. The Bertz CT molecular complexity index is 566. The number of hydrogen-bond donors (Lipinski definition) is 2. The first-order chi connectivity index (χ1) is 9.93. The quantitative estimate of drug-likeness (QED) is 0.562. The summed E-state index contributed by atoms with van der Waals surface area (Å²) < 4.78 is 0. The van der Waals surface area contributed by atoms with Crippen LogP contribution in [0.3, 0.4) is 0 Å². The van der Waals surface area contributed by atoms with Crippen LogP contribution in [0.2, 0.25) is 0 Å². The van der Waals surface area contributed by atoms with Crippen molar-refractivity contribution in [3.05, 3.63) is 33.9 Å². The van der Waals surface area contributed by atoms with Gasteiger partial charge in [0.25, 0.3) is 5.69 Å². The molecule has 1 atom stereocenters. The monoisotopic (exact) mass is 291 g/mol. The Morgan fingerprint density at radius 3 is 2.81 bits per heavy atom. The smallest absolute Gasteiger partial charge is 0.303 e. The molecule has 1 rings (SSSR count). The summed E-state index contributed by atoms with van der Waals surface area (Å²) in [5, 5.41) is 31.3. The van der Waals surface area contributed by atoms with Crippen molar-refractivity contribution in [1.82, 2.24) is 0 Å². The number of hydrogen-bond acceptors (Lipinski definition) is 5. The van der Waals surface area contributed by atoms with Crippen LogP contribution in [-0.2, 0) is 4.79 Å². The Balaban J connectivity index is 2.53. The van der Waals surface area contributed by atoms with Gasteiger partial charge in [-0.1, -0.05) is 6.92 Å². The van der Waals surface area contributed by atoms with Gasteiger partial charge in [-0.15, -0.1) is 0 Å². The van der Waals surface area contributed by atoms with E-state index in [9.17, 15) is 14.9 Å². The third-order valence-corrected chi connectivity index (χ3v) is 3.13. The molecule has 1 aromatic rings. The van der Waals surface area contributed by atoms with Crippen LogP contribution >= 0.6 is 0 Å². The van der Waals surface area contributed by atoms with Crippen LogP contribution in [0, 0.1) is 27.4 Å². The molecule has 0 aliphatic carbocycles. The molecule has 7 nitrogen and oxygen atoms in total. The fourth-order valence-electron chi connectivity index (χ4n) is 1.86. The van der Waals surface area contributed by atoms with E-state index >= 15 is 0 Å². The number of anilines is 1. The molecule has 0 spiro atoms. The van der Waals surface area contributed by atoms with Crippen molar-refractivity contribution in [2.24, 2.45) is 5.92 Å². The number of nitriles is 1. The number of nitro groups is 1. The molecule has 0 saturated carbocycles. The van der Waals surface area contributed by atoms with Crippen LogP contribution in [0.4, 0.5) is 11.4 Å². The van der Waals surface area contributed by atoms with Crippen LogP contribution in [0.1, 0.15) is 31.7 Å². The van der Waals surface area contributed by atoms with Gasteiger partial charge in [-0.3, -0.25) is 14.9 Å². The lowest BCUT2D eigenvalue weighted by molar-refractivity contribution is -0.385. The molecule has 112 valence electrons. The molecule has 0 radical (unpaired) electrons. The summed E-state index contributed by atoms with van der Waals surface area (Å²) in [6, 6.07) is 6.14. The largest absolute Gasteiger partial charge is 0.481 e. The highest BCUT2D eigenvalue weighted by molar-refractivity contribution is 5.66. The van der Waals surface area contributed by atoms with E-state index < -0.39 is 10.9 Å². The summed E-state index contributed by atoms with van der Waals surface area (Å²) in [5.41, 5.74) is 0.382. The summed E-state index contributed by atoms with van der Waals surface area (Å²) in [5.74, 6) is -0.556. The van der Waals surface area contributed by atoms with Crippen molar-refractivity contribution < 1.29 is 14.8 Å². The van der Waals surface area contributed by atoms with E-state index in [0.717, 1.165) is 6.42 Å². The van der Waals surface area contributed by atoms with E-state index in [2.05, 4.69) is 5.32 Å². The number of nitrogens with zero attached hydrogens (tertiary/aromatic N) is 2. The molecule has 1 aromatic carbocycles. The minimum Gasteiger partial charge on any atom is -0.481 e. The van der Waals surface area contributed by atoms with Gasteiger partial charge in [-0.05, 0) is 30.9 Å². The van der Waals surface area contributed by atoms with E-state index in [0.29, 0.717) is 18.7 Å². The zero-order valence-electron chi connectivity index (χ0n) is 11.7. The number of carboxylic acid groups (broad SMARTS) is 1. The zero-order valence-corrected chi connectivity index (χ0v) is 11.7. The van der Waals surface area contributed by atoms with Crippen LogP contribution in [0.5, 0.6) is 0 Å². The van der Waals surface area contributed by atoms with Crippen LogP contribution in [0.25, 0.3) is 0 Å². The number of carboxylic acids is 1. The molecule has 0 bridgehead atoms. The van der Waals surface area contributed by atoms with Crippen molar-refractivity contribution in [1.29, 1.82) is 5.26 Å². The molecular weight excluding hydrogens is 274 g/mol. The Kier molecular flexibility index (Phi) is 6.14. The van der Waals surface area contributed by atoms with Crippen molar-refractivity contribution >= 4 is 17.3 Å². The third kappa shape index (κ3) is 5.48. The van der Waals surface area contributed by atoms with Gasteiger partial charge in [0, 0.05) is 24.7 Å². The Morgan fingerprint density at radius 1 is 1.52 bits per heavy atom. The van der Waals surface area contributed by atoms with Crippen molar-refractivity contribution in [3.8, 4) is 6.07 Å². The lowest BCUT2D eigenvalue weighted by atomic mass is 10.0. The Morgan fingerprint density at radius 2 is 2.24 bits per heavy atom. The topological polar surface area (TPSA) is 116 Å². The highest BCUT2D eigenvalue weighted by Gasteiger charge is 2.14. The highest BCUT2D eigenvalue weighted by Crippen LogP contribution is 2.22. The maximum Gasteiger partial charge on any atom is 0.303 e. The van der Waals surface area contributed by atoms with Gasteiger partial charge in [0.15, 0.2) is 0 Å². The molecule has 7 heteroatoms. The number of rotatable bonds is 8. The van der Waals surface area contributed by atoms with Gasteiger partial charge in [0.2, 0.25) is 0 Å². The van der Waals surface area contributed by atoms with Gasteiger partial charge in [-0.2, -0.15) is 5.26 Å². The molecule has 0 fully saturated rings. The molecule has 0 amide bonds. The minimum absolute atomic E-state index is 0.0281. The first-order valence-corrected chi connectivity index (χ1v) is 6.58. The average Bonchev–Trinajstić information content (AvgIpc) is 2.44. The summed E-state index contributed by atoms with van der Waals surface area (Å²) in [6.07, 6.45) is 1.51. The summed E-state index contributed by atoms with van der Waals surface area (Å²) in [4.78, 5) is 20.7. The zero-order chi connectivity index (χ0) is 15.8. The normalized spacial score (nSPS) is 11.4. The van der Waals surface area contributed by atoms with E-state index in [4.69, 9.17) is 10.4 Å². The fraction of sp³-hybridized carbons (Fsp3) is 0.429. The number of nitro benzene ring substituents is 1. The number of benzene rings is 1. The van der Waals surface area contributed by atoms with Gasteiger partial charge in [0.05, 0.1) is 4.92 Å². The lowest BCUT2D eigenvalue weighted by Crippen LogP contribution is -2.08. The number of aliphatic carboxylic acids is 1. The molecule has 21 heavy (non-hydrogen) atoms. The molecule has 0 aliphatic rings. The summed E-state index contributed by atoms with van der Waals surface area (Å²) in [7, 11) is 0. The van der Waals surface area contributed by atoms with E-state index in [-0.39, 0.29) is 23.6 Å². The van der Waals surface area contributed by atoms with Crippen molar-refractivity contribution in [2.75, 3.05) is 11.9 Å². The second-order valence-corrected chi connectivity index (χ2v) is 4.85. The average molecular weight is 291 g/mol. The first kappa shape index (κ1) is 16.4. The maximum absolute atomic E-state index is 10.8. The van der Waals surface area contributed by atoms with E-state index in [1.165, 1.54) is 12.1 Å². The van der Waals surface area contributed by atoms with Gasteiger partial charge in [0.1, 0.15) is 11.6 Å². The summed E-state index contributed by atoms with van der Waals surface area (Å²) >= 11 is 0. The SMILES string of the molecule is CC(CCNc1ccc(C#N)c([N+](=O)[O-])c1)CCC(=O)O. The van der Waals surface area contributed by atoms with Crippen LogP contribution < -0.4 is 5.32 Å². The predicted octanol–water partition coefficient (Wildman–Crippen LogP) is 2.77. The van der Waals surface area contributed by atoms with Gasteiger partial charge < -0.3 is 10.4 Å². The van der Waals surface area contributed by atoms with Crippen LogP contribution in [0.15, 0.2) is 18.2 Å². The predicted molar refractivity (Wildman–Crippen MR) is 77.0 cm³/mol. The molecule has 0 aliphatic heterocycles. The van der Waals surface area contributed by atoms with Gasteiger partial charge in [-0.25, -0.2) is 0 Å². The molecular formula is C14H17N3O4. The van der Waals surface area contributed by atoms with Crippen LogP contribution in [-0.4, -0.2) is 22.5 Å². The van der Waals surface area contributed by atoms with Crippen molar-refractivity contribution in [2.45, 2.75) is 26.2 Å². The number of carbonyl (C=O) groups is 1. The van der Waals surface area contributed by atoms with E-state index in [1.807, 2.05) is 6.92 Å². The molecule has 0 aromatic heterocycles. The minimum atomic E-state index is -0.808. The number of nitrogens with one attached hydrogen (secondary N) is 1. The molecule has 1 unspecified atom stereocenters. The third-order valence-electron chi connectivity index (χ3n) is 3.13. The highest BCUT2D eigenvalue weighted by atomic mass is 16.6. The summed E-state index contributed by atoms with van der Waals surface area (Å²) in [6.45, 7) is 2.55. The van der Waals surface area contributed by atoms with E-state index in [1.54, 1.807) is 12.1 Å².